The molecule has 0 saturated heterocycles. The zero-order valence-corrected chi connectivity index (χ0v) is 9.83. The van der Waals surface area contributed by atoms with Crippen molar-refractivity contribution in [2.75, 3.05) is 6.54 Å². The molecule has 0 fully saturated rings. The highest BCUT2D eigenvalue weighted by Gasteiger charge is 2.08. The maximum atomic E-state index is 9.93. The highest BCUT2D eigenvalue weighted by atomic mass is 16.3. The van der Waals surface area contributed by atoms with Crippen molar-refractivity contribution in [2.24, 2.45) is 0 Å². The molecule has 0 heterocycles. The van der Waals surface area contributed by atoms with E-state index in [2.05, 4.69) is 19.2 Å². The van der Waals surface area contributed by atoms with E-state index < -0.39 is 6.10 Å². The fraction of sp³-hybridized carbons (Fsp3) is 0.538. The molecule has 2 N–H and O–H groups in total. The summed E-state index contributed by atoms with van der Waals surface area (Å²) in [5.41, 5.74) is 2.18. The van der Waals surface area contributed by atoms with Crippen LogP contribution in [0, 0.1) is 6.92 Å². The first kappa shape index (κ1) is 12.2. The van der Waals surface area contributed by atoms with Crippen molar-refractivity contribution < 1.29 is 5.11 Å². The number of aryl methyl sites for hydroxylation is 1. The predicted molar refractivity (Wildman–Crippen MR) is 63.9 cm³/mol. The second-order valence-corrected chi connectivity index (χ2v) is 4.15. The summed E-state index contributed by atoms with van der Waals surface area (Å²) in [6.45, 7) is 6.93. The van der Waals surface area contributed by atoms with Crippen LogP contribution >= 0.6 is 0 Å². The zero-order chi connectivity index (χ0) is 11.3. The van der Waals surface area contributed by atoms with Crippen LogP contribution in [0.1, 0.15) is 37.5 Å². The van der Waals surface area contributed by atoms with Gasteiger partial charge in [-0.1, -0.05) is 36.8 Å². The number of hydrogen-bond acceptors (Lipinski definition) is 2. The van der Waals surface area contributed by atoms with E-state index in [-0.39, 0.29) is 0 Å². The molecule has 0 saturated carbocycles. The molecule has 2 atom stereocenters. The molecule has 0 aliphatic rings. The van der Waals surface area contributed by atoms with Crippen LogP contribution in [-0.2, 0) is 0 Å². The van der Waals surface area contributed by atoms with Gasteiger partial charge < -0.3 is 10.4 Å². The van der Waals surface area contributed by atoms with Crippen molar-refractivity contribution in [3.05, 3.63) is 35.4 Å². The highest BCUT2D eigenvalue weighted by Crippen LogP contribution is 2.13. The van der Waals surface area contributed by atoms with Crippen molar-refractivity contribution in [3.8, 4) is 0 Å². The Kier molecular flexibility index (Phi) is 4.79. The third-order valence-electron chi connectivity index (χ3n) is 2.70. The maximum Gasteiger partial charge on any atom is 0.0914 e. The van der Waals surface area contributed by atoms with Gasteiger partial charge in [0.05, 0.1) is 6.10 Å². The fourth-order valence-corrected chi connectivity index (χ4v) is 1.45. The van der Waals surface area contributed by atoms with E-state index in [1.165, 1.54) is 5.56 Å². The van der Waals surface area contributed by atoms with Crippen LogP contribution in [-0.4, -0.2) is 17.7 Å². The summed E-state index contributed by atoms with van der Waals surface area (Å²) >= 11 is 0. The Hall–Kier alpha value is -0.860. The van der Waals surface area contributed by atoms with Gasteiger partial charge in [-0.15, -0.1) is 0 Å². The van der Waals surface area contributed by atoms with Gasteiger partial charge >= 0.3 is 0 Å². The lowest BCUT2D eigenvalue weighted by Gasteiger charge is -2.16. The first-order valence-electron chi connectivity index (χ1n) is 5.61. The molecule has 84 valence electrons. The smallest absolute Gasteiger partial charge is 0.0914 e. The van der Waals surface area contributed by atoms with Crippen molar-refractivity contribution in [3.63, 3.8) is 0 Å². The van der Waals surface area contributed by atoms with Gasteiger partial charge in [0.25, 0.3) is 0 Å². The molecule has 1 rings (SSSR count). The number of aliphatic hydroxyl groups is 1. The van der Waals surface area contributed by atoms with Crippen LogP contribution in [0.15, 0.2) is 24.3 Å². The lowest BCUT2D eigenvalue weighted by atomic mass is 10.1. The monoisotopic (exact) mass is 207 g/mol. The Morgan fingerprint density at radius 3 is 2.73 bits per heavy atom. The second-order valence-electron chi connectivity index (χ2n) is 4.15. The SMILES string of the molecule is CCC(C)NCC(O)c1cccc(C)c1. The minimum absolute atomic E-state index is 0.404. The van der Waals surface area contributed by atoms with Gasteiger partial charge in [-0.2, -0.15) is 0 Å². The summed E-state index contributed by atoms with van der Waals surface area (Å²) in [5, 5.41) is 13.2. The Morgan fingerprint density at radius 2 is 2.13 bits per heavy atom. The van der Waals surface area contributed by atoms with Crippen LogP contribution in [0.4, 0.5) is 0 Å². The standard InChI is InChI=1S/C13H21NO/c1-4-11(3)14-9-13(15)12-7-5-6-10(2)8-12/h5-8,11,13-15H,4,9H2,1-3H3. The number of benzene rings is 1. The molecule has 0 spiro atoms. The molecule has 0 aromatic heterocycles. The summed E-state index contributed by atoms with van der Waals surface area (Å²) < 4.78 is 0. The molecule has 0 radical (unpaired) electrons. The van der Waals surface area contributed by atoms with Crippen LogP contribution in [0.5, 0.6) is 0 Å². The molecule has 0 aliphatic carbocycles. The van der Waals surface area contributed by atoms with Gasteiger partial charge in [0.1, 0.15) is 0 Å². The van der Waals surface area contributed by atoms with Crippen LogP contribution in [0.2, 0.25) is 0 Å². The third-order valence-corrected chi connectivity index (χ3v) is 2.70. The number of hydrogen-bond donors (Lipinski definition) is 2. The second kappa shape index (κ2) is 5.89. The average molecular weight is 207 g/mol. The largest absolute Gasteiger partial charge is 0.387 e. The van der Waals surface area contributed by atoms with Gasteiger partial charge in [0, 0.05) is 12.6 Å². The molecular weight excluding hydrogens is 186 g/mol. The van der Waals surface area contributed by atoms with E-state index in [0.29, 0.717) is 12.6 Å². The first-order chi connectivity index (χ1) is 7.13. The molecule has 0 aliphatic heterocycles. The predicted octanol–water partition coefficient (Wildman–Crippen LogP) is 2.42. The van der Waals surface area contributed by atoms with Crippen LogP contribution < -0.4 is 5.32 Å². The first-order valence-corrected chi connectivity index (χ1v) is 5.61. The topological polar surface area (TPSA) is 32.3 Å². The normalized spacial score (nSPS) is 14.9. The summed E-state index contributed by atoms with van der Waals surface area (Å²) in [5.74, 6) is 0. The van der Waals surface area contributed by atoms with Gasteiger partial charge in [-0.3, -0.25) is 0 Å². The van der Waals surface area contributed by atoms with Gasteiger partial charge in [0.2, 0.25) is 0 Å². The van der Waals surface area contributed by atoms with Crippen molar-refractivity contribution in [1.29, 1.82) is 0 Å². The lowest BCUT2D eigenvalue weighted by molar-refractivity contribution is 0.170. The average Bonchev–Trinajstić information content (AvgIpc) is 2.25. The highest BCUT2D eigenvalue weighted by molar-refractivity contribution is 5.24. The Morgan fingerprint density at radius 1 is 1.40 bits per heavy atom. The van der Waals surface area contributed by atoms with Crippen molar-refractivity contribution in [2.45, 2.75) is 39.3 Å². The molecule has 2 unspecified atom stereocenters. The third kappa shape index (κ3) is 4.02. The maximum absolute atomic E-state index is 9.93. The molecule has 15 heavy (non-hydrogen) atoms. The zero-order valence-electron chi connectivity index (χ0n) is 9.83. The van der Waals surface area contributed by atoms with Crippen molar-refractivity contribution in [1.82, 2.24) is 5.32 Å². The Labute approximate surface area is 92.3 Å². The summed E-state index contributed by atoms with van der Waals surface area (Å²) in [4.78, 5) is 0. The van der Waals surface area contributed by atoms with E-state index in [1.54, 1.807) is 0 Å². The molecule has 0 amide bonds. The lowest BCUT2D eigenvalue weighted by Crippen LogP contribution is -2.29. The minimum Gasteiger partial charge on any atom is -0.387 e. The quantitative estimate of drug-likeness (QED) is 0.777. The van der Waals surface area contributed by atoms with E-state index in [9.17, 15) is 5.11 Å². The van der Waals surface area contributed by atoms with Crippen molar-refractivity contribution >= 4 is 0 Å². The Balaban J connectivity index is 2.50. The van der Waals surface area contributed by atoms with E-state index in [0.717, 1.165) is 12.0 Å². The van der Waals surface area contributed by atoms with Crippen LogP contribution in [0.25, 0.3) is 0 Å². The number of nitrogens with one attached hydrogen (secondary N) is 1. The number of aliphatic hydroxyl groups excluding tert-OH is 1. The minimum atomic E-state index is -0.404. The van der Waals surface area contributed by atoms with Gasteiger partial charge in [0.15, 0.2) is 0 Å². The Bertz CT molecular complexity index is 298. The summed E-state index contributed by atoms with van der Waals surface area (Å²) in [6, 6.07) is 8.48. The van der Waals surface area contributed by atoms with Crippen LogP contribution in [0.3, 0.4) is 0 Å². The van der Waals surface area contributed by atoms with E-state index >= 15 is 0 Å². The number of rotatable bonds is 5. The summed E-state index contributed by atoms with van der Waals surface area (Å²) in [6.07, 6.45) is 0.680. The molecule has 1 aromatic carbocycles. The molecule has 1 aromatic rings. The molecular formula is C13H21NO. The molecule has 2 nitrogen and oxygen atoms in total. The van der Waals surface area contributed by atoms with E-state index in [4.69, 9.17) is 0 Å². The summed E-state index contributed by atoms with van der Waals surface area (Å²) in [7, 11) is 0. The molecule has 0 bridgehead atoms. The van der Waals surface area contributed by atoms with E-state index in [1.807, 2.05) is 31.2 Å². The van der Waals surface area contributed by atoms with Gasteiger partial charge in [-0.25, -0.2) is 0 Å². The fourth-order valence-electron chi connectivity index (χ4n) is 1.45. The molecule has 2 heteroatoms. The van der Waals surface area contributed by atoms with Gasteiger partial charge in [-0.05, 0) is 25.8 Å².